The Morgan fingerprint density at radius 1 is 1.53 bits per heavy atom. The Morgan fingerprint density at radius 3 is 2.68 bits per heavy atom. The molecule has 0 aromatic heterocycles. The lowest BCUT2D eigenvalue weighted by Crippen LogP contribution is -2.43. The second-order valence-corrected chi connectivity index (χ2v) is 4.62. The summed E-state index contributed by atoms with van der Waals surface area (Å²) in [5.41, 5.74) is -1.25. The minimum Gasteiger partial charge on any atom is -0.369 e. The number of benzene rings is 1. The average Bonchev–Trinajstić information content (AvgIpc) is 2.61. The van der Waals surface area contributed by atoms with Crippen LogP contribution in [0.15, 0.2) is 29.4 Å². The van der Waals surface area contributed by atoms with Crippen LogP contribution in [0.4, 0.5) is 5.69 Å². The van der Waals surface area contributed by atoms with Crippen molar-refractivity contribution in [3.05, 3.63) is 39.9 Å². The first-order chi connectivity index (χ1) is 8.83. The predicted molar refractivity (Wildman–Crippen MR) is 67.6 cm³/mol. The summed E-state index contributed by atoms with van der Waals surface area (Å²) in [7, 11) is 0. The van der Waals surface area contributed by atoms with Crippen LogP contribution in [-0.2, 0) is 0 Å². The van der Waals surface area contributed by atoms with Gasteiger partial charge < -0.3 is 5.11 Å². The van der Waals surface area contributed by atoms with Crippen LogP contribution in [0.5, 0.6) is 0 Å². The molecule has 1 aromatic rings. The second kappa shape index (κ2) is 4.43. The van der Waals surface area contributed by atoms with Gasteiger partial charge in [0.05, 0.1) is 4.92 Å². The lowest BCUT2D eigenvalue weighted by Gasteiger charge is -2.26. The van der Waals surface area contributed by atoms with Crippen LogP contribution in [0, 0.1) is 10.1 Å². The van der Waals surface area contributed by atoms with E-state index in [2.05, 4.69) is 5.10 Å². The zero-order valence-corrected chi connectivity index (χ0v) is 10.5. The van der Waals surface area contributed by atoms with E-state index in [1.54, 1.807) is 6.92 Å². The van der Waals surface area contributed by atoms with Crippen molar-refractivity contribution >= 4 is 17.3 Å². The van der Waals surface area contributed by atoms with Gasteiger partial charge in [-0.25, -0.2) is 0 Å². The predicted octanol–water partition coefficient (Wildman–Crippen LogP) is 1.53. The van der Waals surface area contributed by atoms with Crippen LogP contribution in [0.3, 0.4) is 0 Å². The highest BCUT2D eigenvalue weighted by Gasteiger charge is 2.40. The van der Waals surface area contributed by atoms with Crippen molar-refractivity contribution in [3.8, 4) is 0 Å². The maximum Gasteiger partial charge on any atom is 0.283 e. The van der Waals surface area contributed by atoms with Crippen LogP contribution in [0.25, 0.3) is 0 Å². The molecule has 1 heterocycles. The molecule has 7 heteroatoms. The minimum atomic E-state index is -1.45. The second-order valence-electron chi connectivity index (χ2n) is 4.62. The fourth-order valence-corrected chi connectivity index (χ4v) is 2.07. The van der Waals surface area contributed by atoms with Crippen molar-refractivity contribution in [1.82, 2.24) is 5.01 Å². The Balaban J connectivity index is 2.43. The van der Waals surface area contributed by atoms with Gasteiger partial charge in [0.1, 0.15) is 5.56 Å². The van der Waals surface area contributed by atoms with Gasteiger partial charge in [0.25, 0.3) is 11.6 Å². The first-order valence-electron chi connectivity index (χ1n) is 5.67. The summed E-state index contributed by atoms with van der Waals surface area (Å²) in [6, 6.07) is 5.60. The van der Waals surface area contributed by atoms with Crippen molar-refractivity contribution in [3.63, 3.8) is 0 Å². The summed E-state index contributed by atoms with van der Waals surface area (Å²) in [5.74, 6) is -0.686. The van der Waals surface area contributed by atoms with Crippen molar-refractivity contribution in [2.75, 3.05) is 0 Å². The summed E-state index contributed by atoms with van der Waals surface area (Å²) in [5, 5.41) is 25.8. The maximum absolute atomic E-state index is 12.3. The van der Waals surface area contributed by atoms with Gasteiger partial charge in [0.2, 0.25) is 0 Å². The lowest BCUT2D eigenvalue weighted by molar-refractivity contribution is -0.385. The molecule has 0 unspecified atom stereocenters. The topological polar surface area (TPSA) is 96.0 Å². The van der Waals surface area contributed by atoms with E-state index in [1.807, 2.05) is 0 Å². The highest BCUT2D eigenvalue weighted by Crippen LogP contribution is 2.29. The summed E-state index contributed by atoms with van der Waals surface area (Å²) in [6.45, 7) is 3.13. The molecule has 1 aromatic carbocycles. The molecule has 100 valence electrons. The molecule has 19 heavy (non-hydrogen) atoms. The lowest BCUT2D eigenvalue weighted by atomic mass is 10.1. The highest BCUT2D eigenvalue weighted by molar-refractivity contribution is 6.00. The number of nitrogens with zero attached hydrogens (tertiary/aromatic N) is 3. The molecule has 0 aliphatic carbocycles. The molecule has 1 aliphatic rings. The van der Waals surface area contributed by atoms with E-state index < -0.39 is 16.6 Å². The molecule has 2 rings (SSSR count). The fourth-order valence-electron chi connectivity index (χ4n) is 2.07. The van der Waals surface area contributed by atoms with Gasteiger partial charge in [-0.05, 0) is 19.9 Å². The first kappa shape index (κ1) is 13.2. The molecule has 0 radical (unpaired) electrons. The molecule has 0 fully saturated rings. The van der Waals surface area contributed by atoms with E-state index in [9.17, 15) is 20.0 Å². The molecule has 1 atom stereocenters. The summed E-state index contributed by atoms with van der Waals surface area (Å²) >= 11 is 0. The third-order valence-electron chi connectivity index (χ3n) is 2.84. The molecule has 0 bridgehead atoms. The fraction of sp³-hybridized carbons (Fsp3) is 0.333. The molecular formula is C12H13N3O4. The molecule has 7 nitrogen and oxygen atoms in total. The van der Waals surface area contributed by atoms with E-state index in [4.69, 9.17) is 0 Å². The Hall–Kier alpha value is -2.28. The van der Waals surface area contributed by atoms with Gasteiger partial charge in [-0.3, -0.25) is 14.9 Å². The Labute approximate surface area is 109 Å². The Bertz CT molecular complexity index is 580. The molecular weight excluding hydrogens is 250 g/mol. The van der Waals surface area contributed by atoms with Gasteiger partial charge >= 0.3 is 0 Å². The van der Waals surface area contributed by atoms with Gasteiger partial charge in [0, 0.05) is 18.2 Å². The van der Waals surface area contributed by atoms with Gasteiger partial charge in [-0.2, -0.15) is 10.1 Å². The smallest absolute Gasteiger partial charge is 0.283 e. The number of carbonyl (C=O) groups excluding carboxylic acids is 1. The van der Waals surface area contributed by atoms with Crippen molar-refractivity contribution in [1.29, 1.82) is 0 Å². The van der Waals surface area contributed by atoms with Crippen molar-refractivity contribution in [2.24, 2.45) is 5.10 Å². The first-order valence-corrected chi connectivity index (χ1v) is 5.67. The van der Waals surface area contributed by atoms with E-state index in [0.29, 0.717) is 5.71 Å². The number of nitro benzene ring substituents is 1. The van der Waals surface area contributed by atoms with Crippen LogP contribution >= 0.6 is 0 Å². The number of rotatable bonds is 2. The zero-order chi connectivity index (χ0) is 14.2. The molecule has 1 amide bonds. The molecule has 0 spiro atoms. The standard InChI is InChI=1S/C12H13N3O4/c1-8-7-12(2,17)14(13-8)11(16)9-5-3-4-6-10(9)15(18)19/h3-6,17H,7H2,1-2H3/t12-/m0/s1. The number of nitro groups is 1. The maximum atomic E-state index is 12.3. The highest BCUT2D eigenvalue weighted by atomic mass is 16.6. The van der Waals surface area contributed by atoms with E-state index in [-0.39, 0.29) is 17.7 Å². The van der Waals surface area contributed by atoms with Crippen molar-refractivity contribution in [2.45, 2.75) is 26.0 Å². The van der Waals surface area contributed by atoms with Gasteiger partial charge in [-0.1, -0.05) is 12.1 Å². The SMILES string of the molecule is CC1=NN(C(=O)c2ccccc2[N+](=O)[O-])[C@@](C)(O)C1. The quantitative estimate of drug-likeness (QED) is 0.646. The number of aliphatic hydroxyl groups is 1. The number of hydrogen-bond donors (Lipinski definition) is 1. The Morgan fingerprint density at radius 2 is 2.16 bits per heavy atom. The van der Waals surface area contributed by atoms with Crippen LogP contribution in [0.1, 0.15) is 30.6 Å². The summed E-state index contributed by atoms with van der Waals surface area (Å²) < 4.78 is 0. The van der Waals surface area contributed by atoms with Gasteiger partial charge in [0.15, 0.2) is 5.72 Å². The number of carbonyl (C=O) groups is 1. The third kappa shape index (κ3) is 2.32. The van der Waals surface area contributed by atoms with E-state index in [0.717, 1.165) is 5.01 Å². The summed E-state index contributed by atoms with van der Waals surface area (Å²) in [6.07, 6.45) is 0.222. The summed E-state index contributed by atoms with van der Waals surface area (Å²) in [4.78, 5) is 22.6. The number of hydrazone groups is 1. The van der Waals surface area contributed by atoms with E-state index in [1.165, 1.54) is 31.2 Å². The number of amides is 1. The van der Waals surface area contributed by atoms with E-state index >= 15 is 0 Å². The molecule has 1 aliphatic heterocycles. The van der Waals surface area contributed by atoms with Crippen molar-refractivity contribution < 1.29 is 14.8 Å². The average molecular weight is 263 g/mol. The largest absolute Gasteiger partial charge is 0.369 e. The van der Waals surface area contributed by atoms with Crippen LogP contribution < -0.4 is 0 Å². The van der Waals surface area contributed by atoms with Crippen LogP contribution in [-0.4, -0.2) is 32.4 Å². The number of para-hydroxylation sites is 1. The zero-order valence-electron chi connectivity index (χ0n) is 10.5. The molecule has 0 saturated carbocycles. The molecule has 1 N–H and O–H groups in total. The molecule has 0 saturated heterocycles. The third-order valence-corrected chi connectivity index (χ3v) is 2.84. The van der Waals surface area contributed by atoms with Gasteiger partial charge in [-0.15, -0.1) is 0 Å². The van der Waals surface area contributed by atoms with Crippen LogP contribution in [0.2, 0.25) is 0 Å². The number of hydrogen-bond acceptors (Lipinski definition) is 5. The normalized spacial score (nSPS) is 22.3. The minimum absolute atomic E-state index is 0.0915. The Kier molecular flexibility index (Phi) is 3.07. The monoisotopic (exact) mass is 263 g/mol.